The quantitative estimate of drug-likeness (QED) is 0.482. The summed E-state index contributed by atoms with van der Waals surface area (Å²) in [6, 6.07) is 15.3. The molecule has 2 aromatic carbocycles. The highest BCUT2D eigenvalue weighted by molar-refractivity contribution is 8.01. The number of amides is 2. The highest BCUT2D eigenvalue weighted by atomic mass is 32.2. The number of rotatable bonds is 8. The Kier molecular flexibility index (Phi) is 7.65. The fourth-order valence-corrected chi connectivity index (χ4v) is 4.56. The van der Waals surface area contributed by atoms with Gasteiger partial charge in [0.1, 0.15) is 0 Å². The van der Waals surface area contributed by atoms with E-state index in [4.69, 9.17) is 0 Å². The molecule has 0 radical (unpaired) electrons. The van der Waals surface area contributed by atoms with Crippen LogP contribution in [0.15, 0.2) is 58.3 Å². The van der Waals surface area contributed by atoms with Gasteiger partial charge in [-0.3, -0.25) is 9.59 Å². The second-order valence-electron chi connectivity index (χ2n) is 6.76. The molecule has 3 rings (SSSR count). The van der Waals surface area contributed by atoms with Crippen LogP contribution in [0, 0.1) is 6.92 Å². The summed E-state index contributed by atoms with van der Waals surface area (Å²) < 4.78 is 0.853. The Morgan fingerprint density at radius 2 is 1.83 bits per heavy atom. The summed E-state index contributed by atoms with van der Waals surface area (Å²) in [6.07, 6.45) is 0. The summed E-state index contributed by atoms with van der Waals surface area (Å²) in [5, 5.41) is 4.88. The van der Waals surface area contributed by atoms with E-state index in [0.29, 0.717) is 24.3 Å². The number of thiazole rings is 1. The van der Waals surface area contributed by atoms with Crippen LogP contribution in [0.1, 0.15) is 29.8 Å². The molecule has 7 heteroatoms. The number of carbonyl (C=O) groups is 2. The van der Waals surface area contributed by atoms with Crippen molar-refractivity contribution in [2.45, 2.75) is 25.1 Å². The number of hydrogen-bond acceptors (Lipinski definition) is 5. The second kappa shape index (κ2) is 10.4. The number of aromatic nitrogens is 1. The van der Waals surface area contributed by atoms with E-state index in [9.17, 15) is 9.59 Å². The number of carbonyl (C=O) groups excluding carboxylic acids is 2. The molecule has 0 unspecified atom stereocenters. The Morgan fingerprint density at radius 3 is 2.53 bits per heavy atom. The van der Waals surface area contributed by atoms with E-state index >= 15 is 0 Å². The molecular formula is C23H25N3O2S2. The predicted octanol–water partition coefficient (Wildman–Crippen LogP) is 5.33. The van der Waals surface area contributed by atoms with Crippen LogP contribution in [0.5, 0.6) is 0 Å². The lowest BCUT2D eigenvalue weighted by Gasteiger charge is -2.19. The molecule has 1 heterocycles. The van der Waals surface area contributed by atoms with Gasteiger partial charge in [-0.05, 0) is 39.0 Å². The van der Waals surface area contributed by atoms with Gasteiger partial charge >= 0.3 is 0 Å². The van der Waals surface area contributed by atoms with Gasteiger partial charge in [-0.25, -0.2) is 4.98 Å². The summed E-state index contributed by atoms with van der Waals surface area (Å²) >= 11 is 2.94. The zero-order chi connectivity index (χ0) is 21.5. The van der Waals surface area contributed by atoms with Crippen LogP contribution in [0.2, 0.25) is 0 Å². The molecular weight excluding hydrogens is 414 g/mol. The highest BCUT2D eigenvalue weighted by Gasteiger charge is 2.14. The minimum absolute atomic E-state index is 0.0307. The van der Waals surface area contributed by atoms with Crippen molar-refractivity contribution in [1.82, 2.24) is 9.88 Å². The van der Waals surface area contributed by atoms with Crippen molar-refractivity contribution >= 4 is 40.6 Å². The topological polar surface area (TPSA) is 62.3 Å². The third-order valence-corrected chi connectivity index (χ3v) is 6.62. The van der Waals surface area contributed by atoms with Gasteiger partial charge < -0.3 is 10.2 Å². The summed E-state index contributed by atoms with van der Waals surface area (Å²) in [5.74, 6) is 0.103. The first-order chi connectivity index (χ1) is 14.5. The van der Waals surface area contributed by atoms with Gasteiger partial charge in [-0.15, -0.1) is 11.3 Å². The molecule has 0 fully saturated rings. The number of hydrogen-bond donors (Lipinski definition) is 1. The molecule has 1 N–H and O–H groups in total. The number of aryl methyl sites for hydroxylation is 1. The summed E-state index contributed by atoms with van der Waals surface area (Å²) in [7, 11) is 0. The van der Waals surface area contributed by atoms with Crippen molar-refractivity contribution < 1.29 is 9.59 Å². The van der Waals surface area contributed by atoms with E-state index in [1.54, 1.807) is 29.2 Å². The van der Waals surface area contributed by atoms with Gasteiger partial charge in [0, 0.05) is 35.3 Å². The van der Waals surface area contributed by atoms with Crippen LogP contribution in [-0.4, -0.2) is 40.5 Å². The summed E-state index contributed by atoms with van der Waals surface area (Å²) in [4.78, 5) is 31.2. The molecule has 0 atom stereocenters. The SMILES string of the molecule is CCN(CC)C(=O)c1cccc(NC(=O)CSc2nc(-c3ccc(C)cc3)cs2)c1. The third-order valence-electron chi connectivity index (χ3n) is 4.60. The van der Waals surface area contributed by atoms with Crippen molar-refractivity contribution in [3.63, 3.8) is 0 Å². The first-order valence-electron chi connectivity index (χ1n) is 9.84. The Labute approximate surface area is 185 Å². The molecule has 0 saturated carbocycles. The molecule has 0 aliphatic rings. The molecule has 0 spiro atoms. The smallest absolute Gasteiger partial charge is 0.253 e. The molecule has 0 aliphatic carbocycles. The average molecular weight is 440 g/mol. The van der Waals surface area contributed by atoms with Crippen molar-refractivity contribution in [2.24, 2.45) is 0 Å². The third kappa shape index (κ3) is 5.70. The van der Waals surface area contributed by atoms with Crippen LogP contribution in [0.3, 0.4) is 0 Å². The molecule has 2 amide bonds. The Morgan fingerprint density at radius 1 is 1.10 bits per heavy atom. The maximum Gasteiger partial charge on any atom is 0.253 e. The predicted molar refractivity (Wildman–Crippen MR) is 125 cm³/mol. The van der Waals surface area contributed by atoms with E-state index in [2.05, 4.69) is 41.5 Å². The minimum atomic E-state index is -0.125. The van der Waals surface area contributed by atoms with Crippen LogP contribution < -0.4 is 5.32 Å². The number of thioether (sulfide) groups is 1. The van der Waals surface area contributed by atoms with Crippen molar-refractivity contribution in [1.29, 1.82) is 0 Å². The highest BCUT2D eigenvalue weighted by Crippen LogP contribution is 2.28. The molecule has 0 saturated heterocycles. The molecule has 0 aliphatic heterocycles. The van der Waals surface area contributed by atoms with E-state index in [-0.39, 0.29) is 17.6 Å². The molecule has 156 valence electrons. The minimum Gasteiger partial charge on any atom is -0.339 e. The maximum absolute atomic E-state index is 12.5. The summed E-state index contributed by atoms with van der Waals surface area (Å²) in [5.41, 5.74) is 4.40. The second-order valence-corrected chi connectivity index (χ2v) is 8.84. The van der Waals surface area contributed by atoms with Crippen molar-refractivity contribution in [3.05, 3.63) is 65.0 Å². The Balaban J connectivity index is 1.57. The normalized spacial score (nSPS) is 10.6. The standard InChI is InChI=1S/C23H25N3O2S2/c1-4-26(5-2)22(28)18-7-6-8-19(13-18)24-21(27)15-30-23-25-20(14-29-23)17-11-9-16(3)10-12-17/h6-14H,4-5,15H2,1-3H3,(H,24,27). The van der Waals surface area contributed by atoms with Crippen molar-refractivity contribution in [2.75, 3.05) is 24.2 Å². The van der Waals surface area contributed by atoms with Gasteiger partial charge in [0.2, 0.25) is 5.91 Å². The lowest BCUT2D eigenvalue weighted by Crippen LogP contribution is -2.30. The van der Waals surface area contributed by atoms with Crippen LogP contribution in [0.4, 0.5) is 5.69 Å². The van der Waals surface area contributed by atoms with Crippen LogP contribution >= 0.6 is 23.1 Å². The number of nitrogens with zero attached hydrogens (tertiary/aromatic N) is 2. The summed E-state index contributed by atoms with van der Waals surface area (Å²) in [6.45, 7) is 7.27. The number of nitrogens with one attached hydrogen (secondary N) is 1. The van der Waals surface area contributed by atoms with Crippen LogP contribution in [0.25, 0.3) is 11.3 Å². The number of anilines is 1. The lowest BCUT2D eigenvalue weighted by molar-refractivity contribution is -0.113. The van der Waals surface area contributed by atoms with E-state index in [0.717, 1.165) is 15.6 Å². The molecule has 30 heavy (non-hydrogen) atoms. The zero-order valence-corrected chi connectivity index (χ0v) is 19.0. The Bertz CT molecular complexity index is 1010. The van der Waals surface area contributed by atoms with Crippen molar-refractivity contribution in [3.8, 4) is 11.3 Å². The Hall–Kier alpha value is -2.64. The van der Waals surface area contributed by atoms with E-state index in [1.807, 2.05) is 19.2 Å². The molecule has 3 aromatic rings. The molecule has 1 aromatic heterocycles. The lowest BCUT2D eigenvalue weighted by atomic mass is 10.1. The first-order valence-corrected chi connectivity index (χ1v) is 11.7. The average Bonchev–Trinajstić information content (AvgIpc) is 3.23. The zero-order valence-electron chi connectivity index (χ0n) is 17.3. The van der Waals surface area contributed by atoms with Gasteiger partial charge in [0.25, 0.3) is 5.91 Å². The van der Waals surface area contributed by atoms with Gasteiger partial charge in [0.15, 0.2) is 4.34 Å². The maximum atomic E-state index is 12.5. The number of benzene rings is 2. The van der Waals surface area contributed by atoms with E-state index < -0.39 is 0 Å². The van der Waals surface area contributed by atoms with Gasteiger partial charge in [-0.2, -0.15) is 0 Å². The fraction of sp³-hybridized carbons (Fsp3) is 0.261. The van der Waals surface area contributed by atoms with E-state index in [1.165, 1.54) is 28.7 Å². The molecule has 5 nitrogen and oxygen atoms in total. The monoisotopic (exact) mass is 439 g/mol. The first kappa shape index (κ1) is 22.1. The largest absolute Gasteiger partial charge is 0.339 e. The van der Waals surface area contributed by atoms with Gasteiger partial charge in [0.05, 0.1) is 11.4 Å². The van der Waals surface area contributed by atoms with Gasteiger partial charge in [-0.1, -0.05) is 47.7 Å². The van der Waals surface area contributed by atoms with Crippen LogP contribution in [-0.2, 0) is 4.79 Å². The molecule has 0 bridgehead atoms. The fourth-order valence-electron chi connectivity index (χ4n) is 2.93.